The summed E-state index contributed by atoms with van der Waals surface area (Å²) in [6.45, 7) is 3.88. The lowest BCUT2D eigenvalue weighted by Crippen LogP contribution is -2.41. The zero-order valence-corrected chi connectivity index (χ0v) is 18.4. The van der Waals surface area contributed by atoms with Gasteiger partial charge in [-0.15, -0.1) is 0 Å². The smallest absolute Gasteiger partial charge is 0.199 e. The molecule has 0 aliphatic carbocycles. The van der Waals surface area contributed by atoms with Crippen LogP contribution in [0, 0.1) is 0 Å². The Labute approximate surface area is 175 Å². The Hall–Kier alpha value is -1.61. The zero-order valence-electron chi connectivity index (χ0n) is 17.5. The Balaban J connectivity index is 1.83. The van der Waals surface area contributed by atoms with E-state index in [9.17, 15) is 0 Å². The number of rotatable bonds is 6. The van der Waals surface area contributed by atoms with Crippen molar-refractivity contribution in [2.75, 3.05) is 33.3 Å². The molecule has 156 valence electrons. The summed E-state index contributed by atoms with van der Waals surface area (Å²) in [6, 6.07) is 18.5. The second kappa shape index (κ2) is 9.47. The van der Waals surface area contributed by atoms with Crippen molar-refractivity contribution in [2.24, 2.45) is 0 Å². The van der Waals surface area contributed by atoms with Gasteiger partial charge in [0.1, 0.15) is 11.5 Å². The van der Waals surface area contributed by atoms with Gasteiger partial charge in [0.2, 0.25) is 0 Å². The molecule has 2 atom stereocenters. The van der Waals surface area contributed by atoms with E-state index in [1.807, 2.05) is 30.3 Å². The van der Waals surface area contributed by atoms with Gasteiger partial charge in [0.15, 0.2) is 7.29 Å². The lowest BCUT2D eigenvalue weighted by molar-refractivity contribution is 0.198. The van der Waals surface area contributed by atoms with Crippen molar-refractivity contribution in [3.8, 4) is 5.75 Å². The first kappa shape index (κ1) is 20.7. The lowest BCUT2D eigenvalue weighted by Gasteiger charge is -2.45. The number of ether oxygens (including phenoxy) is 1. The van der Waals surface area contributed by atoms with E-state index < -0.39 is 7.29 Å². The molecule has 2 aliphatic rings. The Morgan fingerprint density at radius 2 is 1.38 bits per heavy atom. The van der Waals surface area contributed by atoms with Crippen molar-refractivity contribution < 1.29 is 9.30 Å². The van der Waals surface area contributed by atoms with E-state index in [2.05, 4.69) is 33.8 Å². The molecule has 0 aromatic heterocycles. The Kier molecular flexibility index (Phi) is 6.74. The van der Waals surface area contributed by atoms with Crippen LogP contribution in [0.1, 0.15) is 49.9 Å². The highest BCUT2D eigenvalue weighted by atomic mass is 31.2. The molecule has 4 nitrogen and oxygen atoms in total. The molecular weight excluding hydrogens is 379 g/mol. The topological polar surface area (TPSA) is 32.8 Å². The van der Waals surface area contributed by atoms with Gasteiger partial charge in [-0.25, -0.2) is 4.67 Å². The van der Waals surface area contributed by atoms with E-state index in [1.165, 1.54) is 25.7 Å². The van der Waals surface area contributed by atoms with Gasteiger partial charge in [0, 0.05) is 18.4 Å². The summed E-state index contributed by atoms with van der Waals surface area (Å²) < 4.78 is 22.9. The molecule has 5 heteroatoms. The molecule has 2 aliphatic heterocycles. The normalized spacial score (nSPS) is 22.0. The molecule has 2 heterocycles. The molecule has 0 bridgehead atoms. The molecule has 0 N–H and O–H groups in total. The third kappa shape index (κ3) is 4.30. The van der Waals surface area contributed by atoms with E-state index >= 15 is 4.57 Å². The molecule has 2 saturated heterocycles. The lowest BCUT2D eigenvalue weighted by atomic mass is 10.1. The molecule has 0 spiro atoms. The Bertz CT molecular complexity index is 813. The zero-order chi connectivity index (χ0) is 20.1. The summed E-state index contributed by atoms with van der Waals surface area (Å²) in [6.07, 6.45) is 7.13. The fourth-order valence-corrected chi connectivity index (χ4v) is 8.49. The van der Waals surface area contributed by atoms with E-state index in [4.69, 9.17) is 4.74 Å². The van der Waals surface area contributed by atoms with Crippen molar-refractivity contribution >= 4 is 12.6 Å². The van der Waals surface area contributed by atoms with Crippen LogP contribution in [0.5, 0.6) is 5.75 Å². The van der Waals surface area contributed by atoms with Gasteiger partial charge in [-0.05, 0) is 56.5 Å². The van der Waals surface area contributed by atoms with Crippen molar-refractivity contribution in [3.63, 3.8) is 0 Å². The number of methoxy groups -OCH3 is 1. The molecule has 4 rings (SSSR count). The predicted octanol–water partition coefficient (Wildman–Crippen LogP) is 5.27. The second-order valence-electron chi connectivity index (χ2n) is 8.22. The molecule has 2 fully saturated rings. The molecule has 2 aromatic carbocycles. The van der Waals surface area contributed by atoms with Crippen LogP contribution in [-0.4, -0.2) is 42.9 Å². The first-order valence-electron chi connectivity index (χ1n) is 11.0. The molecular formula is C24H33N2O2P. The summed E-state index contributed by atoms with van der Waals surface area (Å²) in [7, 11) is -1.16. The highest BCUT2D eigenvalue weighted by Gasteiger charge is 2.45. The third-order valence-electron chi connectivity index (χ3n) is 6.36. The molecule has 0 saturated carbocycles. The van der Waals surface area contributed by atoms with E-state index in [1.54, 1.807) is 7.11 Å². The summed E-state index contributed by atoms with van der Waals surface area (Å²) in [4.78, 5) is 2.49. The third-order valence-corrected chi connectivity index (χ3v) is 9.93. The average molecular weight is 413 g/mol. The number of piperidine rings is 2. The summed E-state index contributed by atoms with van der Waals surface area (Å²) in [5.41, 5.74) is 1.14. The predicted molar refractivity (Wildman–Crippen MR) is 120 cm³/mol. The highest BCUT2D eigenvalue weighted by Crippen LogP contribution is 2.63. The van der Waals surface area contributed by atoms with Gasteiger partial charge in [-0.3, -0.25) is 9.46 Å². The minimum Gasteiger partial charge on any atom is -0.497 e. The van der Waals surface area contributed by atoms with Crippen molar-refractivity contribution in [2.45, 2.75) is 44.3 Å². The van der Waals surface area contributed by atoms with Crippen molar-refractivity contribution in [1.29, 1.82) is 0 Å². The van der Waals surface area contributed by atoms with Crippen molar-refractivity contribution in [1.82, 2.24) is 9.57 Å². The Morgan fingerprint density at radius 3 is 1.97 bits per heavy atom. The second-order valence-corrected chi connectivity index (χ2v) is 11.0. The minimum atomic E-state index is -2.85. The molecule has 0 unspecified atom stereocenters. The van der Waals surface area contributed by atoms with Crippen LogP contribution in [0.15, 0.2) is 54.6 Å². The van der Waals surface area contributed by atoms with E-state index in [0.717, 1.165) is 55.6 Å². The fourth-order valence-electron chi connectivity index (χ4n) is 4.85. The first-order chi connectivity index (χ1) is 14.2. The van der Waals surface area contributed by atoms with Crippen molar-refractivity contribution in [3.05, 3.63) is 60.2 Å². The maximum atomic E-state index is 15.2. The Morgan fingerprint density at radius 1 is 0.793 bits per heavy atom. The van der Waals surface area contributed by atoms with Gasteiger partial charge in [0.25, 0.3) is 0 Å². The van der Waals surface area contributed by atoms with E-state index in [-0.39, 0.29) is 5.78 Å². The standard InChI is InChI=1S/C24H33N2O2P/c1-28-22-15-13-21(14-16-22)24(25-17-7-3-8-18-25)29(27,23-11-5-2-6-12-23)26-19-9-4-10-20-26/h2,5-6,11-16,24H,3-4,7-10,17-20H2,1H3/t24-,29-/m0/s1. The van der Waals surface area contributed by atoms with Crippen LogP contribution in [0.4, 0.5) is 0 Å². The van der Waals surface area contributed by atoms with Gasteiger partial charge < -0.3 is 4.74 Å². The van der Waals surface area contributed by atoms with Crippen LogP contribution in [-0.2, 0) is 4.57 Å². The maximum Gasteiger partial charge on any atom is 0.199 e. The number of nitrogens with zero attached hydrogens (tertiary/aromatic N) is 2. The molecule has 29 heavy (non-hydrogen) atoms. The summed E-state index contributed by atoms with van der Waals surface area (Å²) in [5.74, 6) is 0.743. The fraction of sp³-hybridized carbons (Fsp3) is 0.500. The molecule has 0 amide bonds. The van der Waals surface area contributed by atoms with Gasteiger partial charge >= 0.3 is 0 Å². The summed E-state index contributed by atoms with van der Waals surface area (Å²) in [5, 5.41) is 0.994. The monoisotopic (exact) mass is 412 g/mol. The first-order valence-corrected chi connectivity index (χ1v) is 12.7. The maximum absolute atomic E-state index is 15.2. The minimum absolute atomic E-state index is 0.103. The highest BCUT2D eigenvalue weighted by molar-refractivity contribution is 7.69. The van der Waals surface area contributed by atoms with Crippen LogP contribution in [0.25, 0.3) is 0 Å². The van der Waals surface area contributed by atoms with Crippen LogP contribution < -0.4 is 10.0 Å². The van der Waals surface area contributed by atoms with Crippen LogP contribution >= 0.6 is 7.29 Å². The average Bonchev–Trinajstić information content (AvgIpc) is 2.81. The van der Waals surface area contributed by atoms with Gasteiger partial charge in [-0.1, -0.05) is 55.3 Å². The van der Waals surface area contributed by atoms with Crippen LogP contribution in [0.3, 0.4) is 0 Å². The van der Waals surface area contributed by atoms with Gasteiger partial charge in [-0.2, -0.15) is 0 Å². The van der Waals surface area contributed by atoms with E-state index in [0.29, 0.717) is 0 Å². The quantitative estimate of drug-likeness (QED) is 0.605. The summed E-state index contributed by atoms with van der Waals surface area (Å²) >= 11 is 0. The number of hydrogen-bond acceptors (Lipinski definition) is 3. The number of likely N-dealkylation sites (tertiary alicyclic amines) is 1. The van der Waals surface area contributed by atoms with Crippen LogP contribution in [0.2, 0.25) is 0 Å². The SMILES string of the molecule is COc1ccc([C@@H](N2CCCCC2)[P@@](=O)(c2ccccc2)N2CCCCC2)cc1. The van der Waals surface area contributed by atoms with Gasteiger partial charge in [0.05, 0.1) is 7.11 Å². The number of benzene rings is 2. The largest absolute Gasteiger partial charge is 0.497 e. The molecule has 2 aromatic rings. The molecule has 0 radical (unpaired) electrons. The number of hydrogen-bond donors (Lipinski definition) is 0.